The predicted molar refractivity (Wildman–Crippen MR) is 104 cm³/mol. The van der Waals surface area contributed by atoms with Crippen molar-refractivity contribution >= 4 is 23.5 Å². The van der Waals surface area contributed by atoms with Gasteiger partial charge in [-0.25, -0.2) is 4.79 Å². The number of carbonyl (C=O) groups is 3. The van der Waals surface area contributed by atoms with Crippen LogP contribution in [-0.2, 0) is 4.74 Å². The van der Waals surface area contributed by atoms with Gasteiger partial charge < -0.3 is 15.0 Å². The van der Waals surface area contributed by atoms with Gasteiger partial charge in [-0.3, -0.25) is 14.6 Å². The lowest BCUT2D eigenvalue weighted by atomic mass is 10.1. The third kappa shape index (κ3) is 4.54. The Kier molecular flexibility index (Phi) is 6.37. The lowest BCUT2D eigenvalue weighted by molar-refractivity contribution is 0.0601. The molecular formula is C21H23N3O4. The SMILES string of the molecule is COC(=O)c1ccccc1NC(=O)c1cncc(C(=O)N2CCCCCC2)c1. The first kappa shape index (κ1) is 19.5. The van der Waals surface area contributed by atoms with Crippen molar-refractivity contribution in [3.63, 3.8) is 0 Å². The smallest absolute Gasteiger partial charge is 0.339 e. The lowest BCUT2D eigenvalue weighted by Crippen LogP contribution is -2.32. The fourth-order valence-electron chi connectivity index (χ4n) is 3.21. The summed E-state index contributed by atoms with van der Waals surface area (Å²) in [5, 5.41) is 2.69. The number of hydrogen-bond acceptors (Lipinski definition) is 5. The average molecular weight is 381 g/mol. The highest BCUT2D eigenvalue weighted by Crippen LogP contribution is 2.18. The van der Waals surface area contributed by atoms with Gasteiger partial charge in [-0.15, -0.1) is 0 Å². The summed E-state index contributed by atoms with van der Waals surface area (Å²) in [6, 6.07) is 8.11. The summed E-state index contributed by atoms with van der Waals surface area (Å²) in [7, 11) is 1.28. The number of para-hydroxylation sites is 1. The number of methoxy groups -OCH3 is 1. The monoisotopic (exact) mass is 381 g/mol. The first-order chi connectivity index (χ1) is 13.6. The van der Waals surface area contributed by atoms with E-state index in [1.54, 1.807) is 24.3 Å². The Morgan fingerprint density at radius 1 is 1.00 bits per heavy atom. The van der Waals surface area contributed by atoms with E-state index in [4.69, 9.17) is 4.74 Å². The molecule has 0 saturated carbocycles. The van der Waals surface area contributed by atoms with E-state index in [1.807, 2.05) is 4.90 Å². The van der Waals surface area contributed by atoms with Crippen LogP contribution >= 0.6 is 0 Å². The van der Waals surface area contributed by atoms with E-state index < -0.39 is 11.9 Å². The molecule has 1 saturated heterocycles. The quantitative estimate of drug-likeness (QED) is 0.822. The molecule has 1 aliphatic rings. The van der Waals surface area contributed by atoms with Crippen molar-refractivity contribution in [2.75, 3.05) is 25.5 Å². The van der Waals surface area contributed by atoms with Crippen LogP contribution in [0, 0.1) is 0 Å². The molecule has 7 nitrogen and oxygen atoms in total. The zero-order valence-electron chi connectivity index (χ0n) is 15.8. The van der Waals surface area contributed by atoms with Gasteiger partial charge in [0.2, 0.25) is 0 Å². The largest absolute Gasteiger partial charge is 0.465 e. The normalized spacial score (nSPS) is 14.1. The molecule has 2 amide bonds. The molecule has 1 fully saturated rings. The molecule has 0 radical (unpaired) electrons. The van der Waals surface area contributed by atoms with Gasteiger partial charge in [0.1, 0.15) is 0 Å². The van der Waals surface area contributed by atoms with Crippen LogP contribution in [0.15, 0.2) is 42.7 Å². The van der Waals surface area contributed by atoms with Gasteiger partial charge in [-0.05, 0) is 31.0 Å². The maximum Gasteiger partial charge on any atom is 0.339 e. The van der Waals surface area contributed by atoms with Crippen molar-refractivity contribution in [3.05, 3.63) is 59.4 Å². The summed E-state index contributed by atoms with van der Waals surface area (Å²) in [5.41, 5.74) is 1.22. The van der Waals surface area contributed by atoms with Crippen LogP contribution in [0.25, 0.3) is 0 Å². The van der Waals surface area contributed by atoms with Gasteiger partial charge in [0, 0.05) is 25.5 Å². The van der Waals surface area contributed by atoms with Crippen LogP contribution in [0.1, 0.15) is 56.8 Å². The molecule has 7 heteroatoms. The molecule has 0 unspecified atom stereocenters. The van der Waals surface area contributed by atoms with E-state index >= 15 is 0 Å². The molecule has 2 aromatic rings. The van der Waals surface area contributed by atoms with Crippen LogP contribution in [-0.4, -0.2) is 47.9 Å². The van der Waals surface area contributed by atoms with Gasteiger partial charge in [0.25, 0.3) is 11.8 Å². The van der Waals surface area contributed by atoms with E-state index in [0.717, 1.165) is 38.8 Å². The van der Waals surface area contributed by atoms with E-state index in [9.17, 15) is 14.4 Å². The lowest BCUT2D eigenvalue weighted by Gasteiger charge is -2.20. The minimum absolute atomic E-state index is 0.112. The summed E-state index contributed by atoms with van der Waals surface area (Å²) in [6.45, 7) is 1.45. The number of likely N-dealkylation sites (tertiary alicyclic amines) is 1. The molecule has 0 bridgehead atoms. The predicted octanol–water partition coefficient (Wildman–Crippen LogP) is 3.14. The molecule has 1 aliphatic heterocycles. The number of nitrogens with zero attached hydrogens (tertiary/aromatic N) is 2. The number of ether oxygens (including phenoxy) is 1. The third-order valence-electron chi connectivity index (χ3n) is 4.72. The second kappa shape index (κ2) is 9.12. The molecule has 0 spiro atoms. The van der Waals surface area contributed by atoms with Crippen molar-refractivity contribution in [2.45, 2.75) is 25.7 Å². The molecule has 0 aliphatic carbocycles. The summed E-state index contributed by atoms with van der Waals surface area (Å²) in [4.78, 5) is 43.2. The maximum absolute atomic E-state index is 12.8. The average Bonchev–Trinajstić information content (AvgIpc) is 3.02. The summed E-state index contributed by atoms with van der Waals surface area (Å²) < 4.78 is 4.74. The van der Waals surface area contributed by atoms with Gasteiger partial charge in [0.15, 0.2) is 0 Å². The summed E-state index contributed by atoms with van der Waals surface area (Å²) in [6.07, 6.45) is 7.11. The number of anilines is 1. The fraction of sp³-hybridized carbons (Fsp3) is 0.333. The number of rotatable bonds is 4. The first-order valence-corrected chi connectivity index (χ1v) is 9.33. The fourth-order valence-corrected chi connectivity index (χ4v) is 3.21. The number of nitrogens with one attached hydrogen (secondary N) is 1. The summed E-state index contributed by atoms with van der Waals surface area (Å²) >= 11 is 0. The van der Waals surface area contributed by atoms with Crippen molar-refractivity contribution < 1.29 is 19.1 Å². The van der Waals surface area contributed by atoms with Crippen molar-refractivity contribution in [1.29, 1.82) is 0 Å². The van der Waals surface area contributed by atoms with Crippen LogP contribution in [0.2, 0.25) is 0 Å². The first-order valence-electron chi connectivity index (χ1n) is 9.33. The van der Waals surface area contributed by atoms with E-state index in [-0.39, 0.29) is 17.0 Å². The van der Waals surface area contributed by atoms with Gasteiger partial charge in [-0.2, -0.15) is 0 Å². The topological polar surface area (TPSA) is 88.6 Å². The zero-order chi connectivity index (χ0) is 19.9. The maximum atomic E-state index is 12.8. The van der Waals surface area contributed by atoms with Crippen molar-refractivity contribution in [1.82, 2.24) is 9.88 Å². The Morgan fingerprint density at radius 2 is 1.68 bits per heavy atom. The van der Waals surface area contributed by atoms with Crippen LogP contribution < -0.4 is 5.32 Å². The van der Waals surface area contributed by atoms with E-state index in [1.165, 1.54) is 25.6 Å². The van der Waals surface area contributed by atoms with Crippen molar-refractivity contribution in [2.24, 2.45) is 0 Å². The zero-order valence-corrected chi connectivity index (χ0v) is 15.8. The van der Waals surface area contributed by atoms with Crippen LogP contribution in [0.4, 0.5) is 5.69 Å². The Morgan fingerprint density at radius 3 is 2.39 bits per heavy atom. The van der Waals surface area contributed by atoms with Crippen LogP contribution in [0.5, 0.6) is 0 Å². The molecule has 3 rings (SSSR count). The highest BCUT2D eigenvalue weighted by atomic mass is 16.5. The van der Waals surface area contributed by atoms with Gasteiger partial charge in [0.05, 0.1) is 29.5 Å². The minimum Gasteiger partial charge on any atom is -0.465 e. The highest BCUT2D eigenvalue weighted by molar-refractivity contribution is 6.08. The molecule has 1 aromatic heterocycles. The molecule has 2 heterocycles. The Hall–Kier alpha value is -3.22. The Balaban J connectivity index is 1.78. The number of amides is 2. The van der Waals surface area contributed by atoms with Gasteiger partial charge >= 0.3 is 5.97 Å². The molecular weight excluding hydrogens is 358 g/mol. The number of esters is 1. The van der Waals surface area contributed by atoms with Gasteiger partial charge in [-0.1, -0.05) is 25.0 Å². The molecule has 146 valence electrons. The Bertz CT molecular complexity index is 873. The molecule has 1 N–H and O–H groups in total. The molecule has 28 heavy (non-hydrogen) atoms. The third-order valence-corrected chi connectivity index (χ3v) is 4.72. The second-order valence-corrected chi connectivity index (χ2v) is 6.66. The number of pyridine rings is 1. The summed E-state index contributed by atoms with van der Waals surface area (Å²) in [5.74, 6) is -1.10. The minimum atomic E-state index is -0.542. The van der Waals surface area contributed by atoms with Crippen molar-refractivity contribution in [3.8, 4) is 0 Å². The number of aromatic nitrogens is 1. The van der Waals surface area contributed by atoms with Crippen LogP contribution in [0.3, 0.4) is 0 Å². The number of carbonyl (C=O) groups excluding carboxylic acids is 3. The second-order valence-electron chi connectivity index (χ2n) is 6.66. The van der Waals surface area contributed by atoms with E-state index in [0.29, 0.717) is 11.3 Å². The molecule has 0 atom stereocenters. The Labute approximate surface area is 163 Å². The van der Waals surface area contributed by atoms with E-state index in [2.05, 4.69) is 10.3 Å². The highest BCUT2D eigenvalue weighted by Gasteiger charge is 2.20. The number of benzene rings is 1. The molecule has 1 aromatic carbocycles. The number of hydrogen-bond donors (Lipinski definition) is 1. The standard InChI is InChI=1S/C21H23N3O4/c1-28-21(27)17-8-4-5-9-18(17)23-19(25)15-12-16(14-22-13-15)20(26)24-10-6-2-3-7-11-24/h4-5,8-9,12-14H,2-3,6-7,10-11H2,1H3,(H,23,25).